The SMILES string of the molecule is NS(=O)(=O)c1ccc(Sc2cccc(O)c2)cc1. The lowest BCUT2D eigenvalue weighted by Gasteiger charge is -2.03. The molecule has 0 radical (unpaired) electrons. The van der Waals surface area contributed by atoms with Crippen LogP contribution in [-0.2, 0) is 10.0 Å². The minimum absolute atomic E-state index is 0.0859. The van der Waals surface area contributed by atoms with Gasteiger partial charge in [0.1, 0.15) is 5.75 Å². The van der Waals surface area contributed by atoms with Crippen molar-refractivity contribution in [3.05, 3.63) is 48.5 Å². The molecular formula is C12H11NO3S2. The first-order valence-electron chi connectivity index (χ1n) is 5.05. The lowest BCUT2D eigenvalue weighted by molar-refractivity contribution is 0.474. The van der Waals surface area contributed by atoms with E-state index >= 15 is 0 Å². The maximum atomic E-state index is 11.1. The molecule has 2 aromatic carbocycles. The van der Waals surface area contributed by atoms with Crippen LogP contribution in [0, 0.1) is 0 Å². The van der Waals surface area contributed by atoms with Crippen molar-refractivity contribution in [2.45, 2.75) is 14.7 Å². The summed E-state index contributed by atoms with van der Waals surface area (Å²) in [5, 5.41) is 14.3. The Labute approximate surface area is 110 Å². The fourth-order valence-electron chi connectivity index (χ4n) is 1.38. The van der Waals surface area contributed by atoms with Crippen molar-refractivity contribution in [2.75, 3.05) is 0 Å². The fourth-order valence-corrected chi connectivity index (χ4v) is 2.77. The predicted molar refractivity (Wildman–Crippen MR) is 70.0 cm³/mol. The Hall–Kier alpha value is -1.50. The zero-order valence-corrected chi connectivity index (χ0v) is 10.9. The zero-order valence-electron chi connectivity index (χ0n) is 9.28. The standard InChI is InChI=1S/C12H11NO3S2/c13-18(15,16)12-6-4-10(5-7-12)17-11-3-1-2-9(14)8-11/h1-8,14H,(H2,13,15,16). The summed E-state index contributed by atoms with van der Waals surface area (Å²) in [4.78, 5) is 1.83. The van der Waals surface area contributed by atoms with Crippen LogP contribution in [0.3, 0.4) is 0 Å². The lowest BCUT2D eigenvalue weighted by atomic mass is 10.3. The van der Waals surface area contributed by atoms with Crippen molar-refractivity contribution < 1.29 is 13.5 Å². The molecule has 3 N–H and O–H groups in total. The van der Waals surface area contributed by atoms with E-state index in [4.69, 9.17) is 5.14 Å². The van der Waals surface area contributed by atoms with E-state index in [0.717, 1.165) is 9.79 Å². The van der Waals surface area contributed by atoms with Crippen LogP contribution in [0.4, 0.5) is 0 Å². The molecule has 4 nitrogen and oxygen atoms in total. The lowest BCUT2D eigenvalue weighted by Crippen LogP contribution is -2.11. The van der Waals surface area contributed by atoms with Gasteiger partial charge in [0.25, 0.3) is 0 Å². The molecular weight excluding hydrogens is 270 g/mol. The summed E-state index contributed by atoms with van der Waals surface area (Å²) < 4.78 is 22.2. The van der Waals surface area contributed by atoms with E-state index in [2.05, 4.69) is 0 Å². The Bertz CT molecular complexity index is 651. The fraction of sp³-hybridized carbons (Fsp3) is 0. The molecule has 2 aromatic rings. The van der Waals surface area contributed by atoms with Gasteiger partial charge < -0.3 is 5.11 Å². The summed E-state index contributed by atoms with van der Waals surface area (Å²) >= 11 is 1.43. The third-order valence-electron chi connectivity index (χ3n) is 2.21. The largest absolute Gasteiger partial charge is 0.508 e. The van der Waals surface area contributed by atoms with Gasteiger partial charge in [-0.1, -0.05) is 17.8 Å². The normalized spacial score (nSPS) is 11.4. The number of primary sulfonamides is 1. The van der Waals surface area contributed by atoms with Gasteiger partial charge in [-0.15, -0.1) is 0 Å². The predicted octanol–water partition coefficient (Wildman–Crippen LogP) is 2.19. The average Bonchev–Trinajstić information content (AvgIpc) is 2.28. The number of sulfonamides is 1. The van der Waals surface area contributed by atoms with Crippen LogP contribution < -0.4 is 5.14 Å². The molecule has 0 saturated carbocycles. The van der Waals surface area contributed by atoms with Crippen LogP contribution in [0.25, 0.3) is 0 Å². The Morgan fingerprint density at radius 2 is 1.67 bits per heavy atom. The van der Waals surface area contributed by atoms with E-state index < -0.39 is 10.0 Å². The van der Waals surface area contributed by atoms with E-state index in [0.29, 0.717) is 0 Å². The number of hydrogen-bond acceptors (Lipinski definition) is 4. The van der Waals surface area contributed by atoms with Crippen molar-refractivity contribution >= 4 is 21.8 Å². The summed E-state index contributed by atoms with van der Waals surface area (Å²) in [6, 6.07) is 13.1. The number of aromatic hydroxyl groups is 1. The number of rotatable bonds is 3. The highest BCUT2D eigenvalue weighted by Gasteiger charge is 2.07. The molecule has 0 unspecified atom stereocenters. The van der Waals surface area contributed by atoms with Gasteiger partial charge in [-0.3, -0.25) is 0 Å². The number of phenols is 1. The van der Waals surface area contributed by atoms with Crippen LogP contribution in [0.2, 0.25) is 0 Å². The molecule has 0 aliphatic heterocycles. The van der Waals surface area contributed by atoms with Crippen molar-refractivity contribution in [1.82, 2.24) is 0 Å². The van der Waals surface area contributed by atoms with Crippen LogP contribution in [0.5, 0.6) is 5.75 Å². The quantitative estimate of drug-likeness (QED) is 0.903. The van der Waals surface area contributed by atoms with Gasteiger partial charge in [0.15, 0.2) is 0 Å². The van der Waals surface area contributed by atoms with Crippen LogP contribution >= 0.6 is 11.8 Å². The van der Waals surface area contributed by atoms with Gasteiger partial charge in [0, 0.05) is 9.79 Å². The highest BCUT2D eigenvalue weighted by atomic mass is 32.2. The van der Waals surface area contributed by atoms with Crippen LogP contribution in [0.1, 0.15) is 0 Å². The smallest absolute Gasteiger partial charge is 0.238 e. The molecule has 0 spiro atoms. The minimum Gasteiger partial charge on any atom is -0.508 e. The second-order valence-electron chi connectivity index (χ2n) is 3.62. The van der Waals surface area contributed by atoms with Crippen LogP contribution in [0.15, 0.2) is 63.2 Å². The monoisotopic (exact) mass is 281 g/mol. The Balaban J connectivity index is 2.21. The summed E-state index contributed by atoms with van der Waals surface area (Å²) in [6.45, 7) is 0. The van der Waals surface area contributed by atoms with Gasteiger partial charge in [-0.25, -0.2) is 13.6 Å². The maximum Gasteiger partial charge on any atom is 0.238 e. The van der Waals surface area contributed by atoms with E-state index in [9.17, 15) is 13.5 Å². The van der Waals surface area contributed by atoms with E-state index in [1.54, 1.807) is 30.3 Å². The highest BCUT2D eigenvalue weighted by molar-refractivity contribution is 7.99. The first-order chi connectivity index (χ1) is 8.45. The van der Waals surface area contributed by atoms with E-state index in [-0.39, 0.29) is 10.6 Å². The van der Waals surface area contributed by atoms with E-state index in [1.165, 1.54) is 23.9 Å². The van der Waals surface area contributed by atoms with E-state index in [1.807, 2.05) is 6.07 Å². The number of hydrogen-bond donors (Lipinski definition) is 2. The molecule has 0 saturated heterocycles. The first-order valence-corrected chi connectivity index (χ1v) is 7.41. The topological polar surface area (TPSA) is 80.4 Å². The molecule has 0 fully saturated rings. The van der Waals surface area contributed by atoms with Crippen molar-refractivity contribution in [3.63, 3.8) is 0 Å². The van der Waals surface area contributed by atoms with Gasteiger partial charge in [0.05, 0.1) is 4.90 Å². The summed E-state index contributed by atoms with van der Waals surface area (Å²) in [7, 11) is -3.65. The maximum absolute atomic E-state index is 11.1. The summed E-state index contributed by atoms with van der Waals surface area (Å²) in [5.41, 5.74) is 0. The van der Waals surface area contributed by atoms with Gasteiger partial charge >= 0.3 is 0 Å². The molecule has 6 heteroatoms. The number of phenolic OH excluding ortho intramolecular Hbond substituents is 1. The second kappa shape index (κ2) is 5.01. The summed E-state index contributed by atoms with van der Waals surface area (Å²) in [5.74, 6) is 0.196. The minimum atomic E-state index is -3.65. The molecule has 0 amide bonds. The van der Waals surface area contributed by atoms with Gasteiger partial charge in [0.2, 0.25) is 10.0 Å². The zero-order chi connectivity index (χ0) is 13.2. The van der Waals surface area contributed by atoms with Crippen LogP contribution in [-0.4, -0.2) is 13.5 Å². The molecule has 2 rings (SSSR count). The molecule has 94 valence electrons. The summed E-state index contributed by atoms with van der Waals surface area (Å²) in [6.07, 6.45) is 0. The number of benzene rings is 2. The van der Waals surface area contributed by atoms with Crippen molar-refractivity contribution in [3.8, 4) is 5.75 Å². The molecule has 0 atom stereocenters. The third-order valence-corrected chi connectivity index (χ3v) is 4.13. The first kappa shape index (κ1) is 12.9. The third kappa shape index (κ3) is 3.25. The van der Waals surface area contributed by atoms with Gasteiger partial charge in [-0.2, -0.15) is 0 Å². The van der Waals surface area contributed by atoms with Gasteiger partial charge in [-0.05, 0) is 42.5 Å². The highest BCUT2D eigenvalue weighted by Crippen LogP contribution is 2.30. The Kier molecular flexibility index (Phi) is 3.60. The van der Waals surface area contributed by atoms with Crippen molar-refractivity contribution in [2.24, 2.45) is 5.14 Å². The number of nitrogens with two attached hydrogens (primary N) is 1. The Morgan fingerprint density at radius 1 is 1.00 bits per heavy atom. The average molecular weight is 281 g/mol. The molecule has 0 bridgehead atoms. The molecule has 0 heterocycles. The molecule has 0 aromatic heterocycles. The Morgan fingerprint density at radius 3 is 2.22 bits per heavy atom. The van der Waals surface area contributed by atoms with Crippen molar-refractivity contribution in [1.29, 1.82) is 0 Å². The molecule has 0 aliphatic rings. The molecule has 0 aliphatic carbocycles. The molecule has 18 heavy (non-hydrogen) atoms. The second-order valence-corrected chi connectivity index (χ2v) is 6.32.